The number of hydrogen-bond acceptors (Lipinski definition) is 11. The molecular weight excluding hydrogens is 476 g/mol. The number of hydrogen-bond donors (Lipinski definition) is 0. The molecule has 0 bridgehead atoms. The highest BCUT2D eigenvalue weighted by atomic mass is 16.6. The summed E-state index contributed by atoms with van der Waals surface area (Å²) in [5.41, 5.74) is 0. The monoisotopic (exact) mass is 518 g/mol. The zero-order chi connectivity index (χ0) is 27.5. The van der Waals surface area contributed by atoms with Crippen molar-refractivity contribution in [2.45, 2.75) is 111 Å². The van der Waals surface area contributed by atoms with Crippen molar-refractivity contribution in [3.05, 3.63) is 0 Å². The van der Waals surface area contributed by atoms with E-state index in [1.165, 1.54) is 19.3 Å². The fourth-order valence-electron chi connectivity index (χ4n) is 3.47. The number of unbranched alkanes of at least 4 members (excludes halogenated alkanes) is 6. The summed E-state index contributed by atoms with van der Waals surface area (Å²) < 4.78 is 31.9. The van der Waals surface area contributed by atoms with Gasteiger partial charge in [-0.1, -0.05) is 45.4 Å². The first-order valence-corrected chi connectivity index (χ1v) is 12.4. The third kappa shape index (κ3) is 16.9. The van der Waals surface area contributed by atoms with Gasteiger partial charge in [-0.15, -0.1) is 0 Å². The number of carbonyl (C=O) groups is 5. The Bertz CT molecular complexity index is 691. The average molecular weight is 519 g/mol. The number of rotatable bonds is 19. The molecule has 0 aromatic rings. The maximum atomic E-state index is 11.9. The normalized spacial score (nSPS) is 14.1. The molecule has 11 heteroatoms. The Labute approximate surface area is 213 Å². The van der Waals surface area contributed by atoms with Gasteiger partial charge in [0.2, 0.25) is 0 Å². The highest BCUT2D eigenvalue weighted by Gasteiger charge is 2.44. The van der Waals surface area contributed by atoms with Gasteiger partial charge in [0.1, 0.15) is 6.61 Å². The van der Waals surface area contributed by atoms with Gasteiger partial charge in [0.15, 0.2) is 24.4 Å². The van der Waals surface area contributed by atoms with Crippen molar-refractivity contribution in [2.24, 2.45) is 0 Å². The zero-order valence-corrected chi connectivity index (χ0v) is 22.4. The molecule has 0 rings (SSSR count). The smallest absolute Gasteiger partial charge is 0.303 e. The van der Waals surface area contributed by atoms with Crippen LogP contribution in [0, 0.1) is 0 Å². The molecule has 0 aliphatic rings. The molecule has 0 aliphatic carbocycles. The van der Waals surface area contributed by atoms with Gasteiger partial charge in [-0.05, 0) is 6.42 Å². The zero-order valence-electron chi connectivity index (χ0n) is 22.4. The Morgan fingerprint density at radius 2 is 0.944 bits per heavy atom. The summed E-state index contributed by atoms with van der Waals surface area (Å²) in [7, 11) is 0. The third-order valence-electron chi connectivity index (χ3n) is 4.92. The van der Waals surface area contributed by atoms with Crippen molar-refractivity contribution in [3.8, 4) is 0 Å². The molecule has 36 heavy (non-hydrogen) atoms. The molecule has 0 amide bonds. The second-order valence-corrected chi connectivity index (χ2v) is 8.44. The largest absolute Gasteiger partial charge is 0.462 e. The van der Waals surface area contributed by atoms with Crippen LogP contribution in [0.4, 0.5) is 0 Å². The van der Waals surface area contributed by atoms with Gasteiger partial charge >= 0.3 is 29.8 Å². The Morgan fingerprint density at radius 3 is 1.36 bits per heavy atom. The van der Waals surface area contributed by atoms with Crippen molar-refractivity contribution in [1.82, 2.24) is 0 Å². The molecule has 208 valence electrons. The molecule has 0 fully saturated rings. The van der Waals surface area contributed by atoms with E-state index in [4.69, 9.17) is 28.4 Å². The van der Waals surface area contributed by atoms with Crippen molar-refractivity contribution in [3.63, 3.8) is 0 Å². The summed E-state index contributed by atoms with van der Waals surface area (Å²) in [4.78, 5) is 58.7. The lowest BCUT2D eigenvalue weighted by atomic mass is 10.0. The van der Waals surface area contributed by atoms with Crippen LogP contribution in [0.5, 0.6) is 0 Å². The molecule has 0 saturated heterocycles. The number of ether oxygens (including phenoxy) is 6. The maximum Gasteiger partial charge on any atom is 0.303 e. The Hall–Kier alpha value is -2.69. The highest BCUT2D eigenvalue weighted by molar-refractivity contribution is 5.69. The van der Waals surface area contributed by atoms with Gasteiger partial charge in [0, 0.05) is 41.2 Å². The molecule has 0 heterocycles. The van der Waals surface area contributed by atoms with Gasteiger partial charge in [0.05, 0.1) is 6.61 Å². The molecule has 4 atom stereocenters. The van der Waals surface area contributed by atoms with Crippen LogP contribution in [0.3, 0.4) is 0 Å². The topological polar surface area (TPSA) is 141 Å². The molecule has 0 spiro atoms. The summed E-state index contributed by atoms with van der Waals surface area (Å²) in [5, 5.41) is 0. The van der Waals surface area contributed by atoms with Crippen LogP contribution in [0.2, 0.25) is 0 Å². The van der Waals surface area contributed by atoms with Gasteiger partial charge in [-0.3, -0.25) is 24.0 Å². The maximum absolute atomic E-state index is 11.9. The van der Waals surface area contributed by atoms with E-state index < -0.39 is 60.9 Å². The standard InChI is InChI=1S/C25H42O11/c1-7-8-9-10-11-12-13-14-31-15-22(33-18(3)27)24(35-20(5)29)25(36-21(6)30)23(34-19(4)28)16-32-17(2)26/h22-25H,7-16H2,1-6H3. The van der Waals surface area contributed by atoms with E-state index in [1.807, 2.05) is 0 Å². The van der Waals surface area contributed by atoms with Crippen LogP contribution in [0.1, 0.15) is 86.5 Å². The van der Waals surface area contributed by atoms with E-state index in [2.05, 4.69) is 6.92 Å². The van der Waals surface area contributed by atoms with E-state index in [0.29, 0.717) is 6.61 Å². The average Bonchev–Trinajstić information content (AvgIpc) is 2.76. The van der Waals surface area contributed by atoms with E-state index in [9.17, 15) is 24.0 Å². The molecular formula is C25H42O11. The van der Waals surface area contributed by atoms with Gasteiger partial charge < -0.3 is 28.4 Å². The molecule has 0 aromatic carbocycles. The third-order valence-corrected chi connectivity index (χ3v) is 4.92. The second-order valence-electron chi connectivity index (χ2n) is 8.44. The molecule has 0 radical (unpaired) electrons. The van der Waals surface area contributed by atoms with E-state index in [0.717, 1.165) is 60.3 Å². The summed E-state index contributed by atoms with van der Waals surface area (Å²) in [6, 6.07) is 0. The van der Waals surface area contributed by atoms with Gasteiger partial charge in [-0.2, -0.15) is 0 Å². The number of esters is 5. The molecule has 0 aromatic heterocycles. The first-order valence-electron chi connectivity index (χ1n) is 12.4. The lowest BCUT2D eigenvalue weighted by Crippen LogP contribution is -2.54. The molecule has 11 nitrogen and oxygen atoms in total. The van der Waals surface area contributed by atoms with Crippen LogP contribution >= 0.6 is 0 Å². The van der Waals surface area contributed by atoms with Gasteiger partial charge in [-0.25, -0.2) is 0 Å². The Kier molecular flexibility index (Phi) is 18.0. The Balaban J connectivity index is 5.63. The van der Waals surface area contributed by atoms with Crippen molar-refractivity contribution >= 4 is 29.8 Å². The molecule has 4 unspecified atom stereocenters. The summed E-state index contributed by atoms with van der Waals surface area (Å²) >= 11 is 0. The van der Waals surface area contributed by atoms with Crippen molar-refractivity contribution in [1.29, 1.82) is 0 Å². The minimum atomic E-state index is -1.46. The first-order chi connectivity index (χ1) is 17.0. The van der Waals surface area contributed by atoms with Crippen LogP contribution in [0.15, 0.2) is 0 Å². The van der Waals surface area contributed by atoms with E-state index >= 15 is 0 Å². The van der Waals surface area contributed by atoms with E-state index in [1.54, 1.807) is 0 Å². The van der Waals surface area contributed by atoms with Crippen LogP contribution in [-0.4, -0.2) is 74.1 Å². The lowest BCUT2D eigenvalue weighted by molar-refractivity contribution is -0.206. The quantitative estimate of drug-likeness (QED) is 0.141. The Morgan fingerprint density at radius 1 is 0.528 bits per heavy atom. The van der Waals surface area contributed by atoms with Crippen molar-refractivity contribution in [2.75, 3.05) is 19.8 Å². The second kappa shape index (κ2) is 19.5. The fraction of sp³-hybridized carbons (Fsp3) is 0.800. The highest BCUT2D eigenvalue weighted by Crippen LogP contribution is 2.21. The van der Waals surface area contributed by atoms with Gasteiger partial charge in [0.25, 0.3) is 0 Å². The van der Waals surface area contributed by atoms with Crippen LogP contribution in [0.25, 0.3) is 0 Å². The minimum Gasteiger partial charge on any atom is -0.462 e. The predicted octanol–water partition coefficient (Wildman–Crippen LogP) is 3.04. The fourth-order valence-corrected chi connectivity index (χ4v) is 3.47. The number of carbonyl (C=O) groups excluding carboxylic acids is 5. The molecule has 0 saturated carbocycles. The summed E-state index contributed by atoms with van der Waals surface area (Å²) in [6.07, 6.45) is 2.18. The van der Waals surface area contributed by atoms with Crippen molar-refractivity contribution < 1.29 is 52.4 Å². The SMILES string of the molecule is CCCCCCCCCOCC(OC(C)=O)C(OC(C)=O)C(OC(C)=O)C(COC(C)=O)OC(C)=O. The summed E-state index contributed by atoms with van der Waals surface area (Å²) in [6.45, 7) is 7.51. The summed E-state index contributed by atoms with van der Waals surface area (Å²) in [5.74, 6) is -3.68. The van der Waals surface area contributed by atoms with E-state index in [-0.39, 0.29) is 6.61 Å². The predicted molar refractivity (Wildman–Crippen MR) is 128 cm³/mol. The minimum absolute atomic E-state index is 0.175. The van der Waals surface area contributed by atoms with Crippen LogP contribution < -0.4 is 0 Å². The van der Waals surface area contributed by atoms with Crippen LogP contribution in [-0.2, 0) is 52.4 Å². The molecule has 0 N–H and O–H groups in total. The lowest BCUT2D eigenvalue weighted by Gasteiger charge is -2.35. The first kappa shape index (κ1) is 33.3. The molecule has 0 aliphatic heterocycles.